The molecule has 0 saturated carbocycles. The van der Waals surface area contributed by atoms with Gasteiger partial charge in [-0.05, 0) is 50.0 Å². The third-order valence-corrected chi connectivity index (χ3v) is 4.34. The third-order valence-electron chi connectivity index (χ3n) is 4.34. The van der Waals surface area contributed by atoms with Crippen molar-refractivity contribution in [1.29, 1.82) is 0 Å². The Kier molecular flexibility index (Phi) is 6.23. The number of para-hydroxylation sites is 1. The number of carbonyl (C=O) groups excluding carboxylic acids is 1. The van der Waals surface area contributed by atoms with E-state index in [0.29, 0.717) is 17.9 Å². The largest absolute Gasteiger partial charge is 0.457 e. The molecule has 3 aromatic carbocycles. The van der Waals surface area contributed by atoms with Gasteiger partial charge in [-0.3, -0.25) is 4.79 Å². The number of ether oxygens (including phenoxy) is 1. The van der Waals surface area contributed by atoms with Gasteiger partial charge in [-0.15, -0.1) is 0 Å². The highest BCUT2D eigenvalue weighted by Crippen LogP contribution is 2.22. The molecule has 0 unspecified atom stereocenters. The first-order chi connectivity index (χ1) is 13.1. The lowest BCUT2D eigenvalue weighted by Crippen LogP contribution is -2.34. The van der Waals surface area contributed by atoms with Crippen molar-refractivity contribution >= 4 is 5.91 Å². The minimum atomic E-state index is -0.115. The molecule has 27 heavy (non-hydrogen) atoms. The zero-order valence-electron chi connectivity index (χ0n) is 15.6. The summed E-state index contributed by atoms with van der Waals surface area (Å²) in [5.74, 6) is 1.27. The molecule has 0 saturated heterocycles. The molecule has 0 aliphatic rings. The number of benzene rings is 3. The van der Waals surface area contributed by atoms with Crippen LogP contribution in [0, 0.1) is 0 Å². The average molecular weight is 360 g/mol. The Balaban J connectivity index is 1.66. The Hall–Kier alpha value is -3.11. The standard InChI is InChI=1S/C23H24N2O2/c1-25(2)22(18-10-5-3-6-11-18)17-24-23(26)19-12-9-15-21(16-19)27-20-13-7-4-8-14-20/h3-16,22H,17H2,1-2H3,(H,24,26)/t22-/m1/s1. The predicted molar refractivity (Wildman–Crippen MR) is 108 cm³/mol. The van der Waals surface area contributed by atoms with Crippen LogP contribution in [0.15, 0.2) is 84.9 Å². The van der Waals surface area contributed by atoms with Crippen molar-refractivity contribution in [3.05, 3.63) is 96.1 Å². The Bertz CT molecular complexity index is 864. The van der Waals surface area contributed by atoms with E-state index in [1.165, 1.54) is 5.56 Å². The summed E-state index contributed by atoms with van der Waals surface area (Å²) in [5, 5.41) is 3.03. The van der Waals surface area contributed by atoms with Gasteiger partial charge in [0.05, 0.1) is 6.04 Å². The number of hydrogen-bond acceptors (Lipinski definition) is 3. The summed E-state index contributed by atoms with van der Waals surface area (Å²) in [6.07, 6.45) is 0. The molecule has 0 heterocycles. The van der Waals surface area contributed by atoms with E-state index in [1.807, 2.05) is 74.8 Å². The topological polar surface area (TPSA) is 41.6 Å². The van der Waals surface area contributed by atoms with Gasteiger partial charge in [0.25, 0.3) is 5.91 Å². The normalized spacial score (nSPS) is 11.8. The first-order valence-electron chi connectivity index (χ1n) is 8.96. The van der Waals surface area contributed by atoms with Gasteiger partial charge < -0.3 is 15.0 Å². The van der Waals surface area contributed by atoms with Crippen molar-refractivity contribution in [3.8, 4) is 11.5 Å². The van der Waals surface area contributed by atoms with Gasteiger partial charge in [0.1, 0.15) is 11.5 Å². The molecule has 0 radical (unpaired) electrons. The molecule has 0 aliphatic heterocycles. The summed E-state index contributed by atoms with van der Waals surface area (Å²) in [6, 6.07) is 27.0. The maximum absolute atomic E-state index is 12.6. The number of hydrogen-bond donors (Lipinski definition) is 1. The molecule has 0 aliphatic carbocycles. The van der Waals surface area contributed by atoms with E-state index in [1.54, 1.807) is 12.1 Å². The molecule has 0 aromatic heterocycles. The van der Waals surface area contributed by atoms with Crippen molar-refractivity contribution in [2.75, 3.05) is 20.6 Å². The summed E-state index contributed by atoms with van der Waals surface area (Å²) in [5.41, 5.74) is 1.75. The highest BCUT2D eigenvalue weighted by Gasteiger charge is 2.16. The molecular weight excluding hydrogens is 336 g/mol. The molecule has 0 fully saturated rings. The highest BCUT2D eigenvalue weighted by atomic mass is 16.5. The fourth-order valence-electron chi connectivity index (χ4n) is 2.89. The summed E-state index contributed by atoms with van der Waals surface area (Å²) in [6.45, 7) is 0.527. The molecule has 3 aromatic rings. The first-order valence-corrected chi connectivity index (χ1v) is 8.96. The molecular formula is C23H24N2O2. The maximum Gasteiger partial charge on any atom is 0.251 e. The molecule has 1 atom stereocenters. The van der Waals surface area contributed by atoms with Crippen molar-refractivity contribution in [3.63, 3.8) is 0 Å². The fourth-order valence-corrected chi connectivity index (χ4v) is 2.89. The Morgan fingerprint density at radius 1 is 0.889 bits per heavy atom. The number of carbonyl (C=O) groups is 1. The van der Waals surface area contributed by atoms with Gasteiger partial charge in [0.2, 0.25) is 0 Å². The van der Waals surface area contributed by atoms with Gasteiger partial charge >= 0.3 is 0 Å². The summed E-state index contributed by atoms with van der Waals surface area (Å²) >= 11 is 0. The van der Waals surface area contributed by atoms with Crippen LogP contribution < -0.4 is 10.1 Å². The van der Waals surface area contributed by atoms with Crippen LogP contribution in [0.1, 0.15) is 22.0 Å². The van der Waals surface area contributed by atoms with Gasteiger partial charge in [-0.1, -0.05) is 54.6 Å². The minimum absolute atomic E-state index is 0.110. The van der Waals surface area contributed by atoms with Gasteiger partial charge in [-0.25, -0.2) is 0 Å². The first kappa shape index (κ1) is 18.7. The Labute approximate surface area is 160 Å². The summed E-state index contributed by atoms with van der Waals surface area (Å²) in [4.78, 5) is 14.7. The van der Waals surface area contributed by atoms with E-state index in [9.17, 15) is 4.79 Å². The van der Waals surface area contributed by atoms with Crippen LogP contribution in [-0.4, -0.2) is 31.4 Å². The van der Waals surface area contributed by atoms with E-state index in [0.717, 1.165) is 5.75 Å². The van der Waals surface area contributed by atoms with E-state index in [2.05, 4.69) is 22.3 Å². The number of likely N-dealkylation sites (N-methyl/N-ethyl adjacent to an activating group) is 1. The molecule has 3 rings (SSSR count). The van der Waals surface area contributed by atoms with Crippen LogP contribution in [0.3, 0.4) is 0 Å². The van der Waals surface area contributed by atoms with Gasteiger partial charge in [0.15, 0.2) is 0 Å². The molecule has 0 spiro atoms. The van der Waals surface area contributed by atoms with E-state index < -0.39 is 0 Å². The average Bonchev–Trinajstić information content (AvgIpc) is 2.69. The van der Waals surface area contributed by atoms with Gasteiger partial charge in [0, 0.05) is 12.1 Å². The van der Waals surface area contributed by atoms with Crippen LogP contribution in [0.5, 0.6) is 11.5 Å². The summed E-state index contributed by atoms with van der Waals surface area (Å²) in [7, 11) is 4.02. The second kappa shape index (κ2) is 9.01. The monoisotopic (exact) mass is 360 g/mol. The molecule has 138 valence electrons. The maximum atomic E-state index is 12.6. The second-order valence-electron chi connectivity index (χ2n) is 6.54. The number of nitrogens with zero attached hydrogens (tertiary/aromatic N) is 1. The van der Waals surface area contributed by atoms with E-state index in [4.69, 9.17) is 4.74 Å². The molecule has 4 nitrogen and oxygen atoms in total. The number of nitrogens with one attached hydrogen (secondary N) is 1. The van der Waals surface area contributed by atoms with Crippen molar-refractivity contribution in [1.82, 2.24) is 10.2 Å². The molecule has 4 heteroatoms. The Morgan fingerprint density at radius 2 is 1.52 bits per heavy atom. The third kappa shape index (κ3) is 5.19. The van der Waals surface area contributed by atoms with Crippen LogP contribution in [0.2, 0.25) is 0 Å². The summed E-state index contributed by atoms with van der Waals surface area (Å²) < 4.78 is 5.81. The SMILES string of the molecule is CN(C)[C@H](CNC(=O)c1cccc(Oc2ccccc2)c1)c1ccccc1. The van der Waals surface area contributed by atoms with Crippen LogP contribution in [0.25, 0.3) is 0 Å². The highest BCUT2D eigenvalue weighted by molar-refractivity contribution is 5.94. The minimum Gasteiger partial charge on any atom is -0.457 e. The van der Waals surface area contributed by atoms with Crippen LogP contribution in [0.4, 0.5) is 0 Å². The van der Waals surface area contributed by atoms with Gasteiger partial charge in [-0.2, -0.15) is 0 Å². The number of amides is 1. The quantitative estimate of drug-likeness (QED) is 0.674. The van der Waals surface area contributed by atoms with Crippen LogP contribution in [-0.2, 0) is 0 Å². The lowest BCUT2D eigenvalue weighted by atomic mass is 10.1. The fraction of sp³-hybridized carbons (Fsp3) is 0.174. The smallest absolute Gasteiger partial charge is 0.251 e. The zero-order chi connectivity index (χ0) is 19.1. The van der Waals surface area contributed by atoms with Crippen LogP contribution >= 0.6 is 0 Å². The molecule has 0 bridgehead atoms. The predicted octanol–water partition coefficient (Wildman–Crippen LogP) is 4.51. The van der Waals surface area contributed by atoms with Crippen molar-refractivity contribution < 1.29 is 9.53 Å². The molecule has 1 N–H and O–H groups in total. The Morgan fingerprint density at radius 3 is 2.19 bits per heavy atom. The lowest BCUT2D eigenvalue weighted by Gasteiger charge is -2.25. The number of rotatable bonds is 7. The lowest BCUT2D eigenvalue weighted by molar-refractivity contribution is 0.0941. The van der Waals surface area contributed by atoms with Crippen molar-refractivity contribution in [2.45, 2.75) is 6.04 Å². The van der Waals surface area contributed by atoms with E-state index in [-0.39, 0.29) is 11.9 Å². The van der Waals surface area contributed by atoms with Crippen molar-refractivity contribution in [2.24, 2.45) is 0 Å². The van der Waals surface area contributed by atoms with E-state index >= 15 is 0 Å². The second-order valence-corrected chi connectivity index (χ2v) is 6.54. The molecule has 1 amide bonds. The zero-order valence-corrected chi connectivity index (χ0v) is 15.6.